The molecule has 0 aromatic heterocycles. The number of nitrogens with one attached hydrogen (secondary N) is 2. The fourth-order valence-corrected chi connectivity index (χ4v) is 1.98. The van der Waals surface area contributed by atoms with Crippen LogP contribution in [0, 0.1) is 0 Å². The zero-order valence-corrected chi connectivity index (χ0v) is 12.1. The monoisotopic (exact) mass is 275 g/mol. The number of carbonyl (C=O) groups is 1. The molecule has 0 radical (unpaired) electrons. The summed E-state index contributed by atoms with van der Waals surface area (Å²) in [5.41, 5.74) is 0.903. The highest BCUT2D eigenvalue weighted by Crippen LogP contribution is 2.20. The molecular formula is C15H21N3O2. The summed E-state index contributed by atoms with van der Waals surface area (Å²) in [6.45, 7) is 6.72. The zero-order valence-electron chi connectivity index (χ0n) is 12.1. The molecule has 1 saturated heterocycles. The van der Waals surface area contributed by atoms with Crippen molar-refractivity contribution in [3.8, 4) is 5.75 Å². The molecule has 0 aliphatic carbocycles. The largest absolute Gasteiger partial charge is 0.491 e. The average molecular weight is 275 g/mol. The molecule has 0 saturated carbocycles. The van der Waals surface area contributed by atoms with Crippen molar-refractivity contribution >= 4 is 11.9 Å². The third-order valence-electron chi connectivity index (χ3n) is 2.86. The molecule has 1 unspecified atom stereocenters. The Morgan fingerprint density at radius 3 is 2.60 bits per heavy atom. The number of hydrogen-bond acceptors (Lipinski definition) is 3. The van der Waals surface area contributed by atoms with Gasteiger partial charge in [0.2, 0.25) is 0 Å². The van der Waals surface area contributed by atoms with E-state index in [1.807, 2.05) is 45.0 Å². The molecule has 1 aliphatic rings. The third-order valence-corrected chi connectivity index (χ3v) is 2.86. The van der Waals surface area contributed by atoms with E-state index in [1.54, 1.807) is 0 Å². The minimum atomic E-state index is -0.376. The molecule has 1 atom stereocenters. The van der Waals surface area contributed by atoms with Crippen molar-refractivity contribution < 1.29 is 9.53 Å². The van der Waals surface area contributed by atoms with Gasteiger partial charge in [-0.1, -0.05) is 19.1 Å². The van der Waals surface area contributed by atoms with E-state index in [1.165, 1.54) is 0 Å². The van der Waals surface area contributed by atoms with Gasteiger partial charge in [-0.25, -0.2) is 0 Å². The molecule has 0 spiro atoms. The Balaban J connectivity index is 2.06. The molecule has 5 heteroatoms. The third kappa shape index (κ3) is 3.50. The SMILES string of the molecule is CCCN=C1NC(=O)C(c2ccc(OC(C)C)cc2)N1. The van der Waals surface area contributed by atoms with Crippen molar-refractivity contribution in [1.82, 2.24) is 10.6 Å². The lowest BCUT2D eigenvalue weighted by molar-refractivity contribution is -0.120. The van der Waals surface area contributed by atoms with E-state index in [4.69, 9.17) is 4.74 Å². The minimum Gasteiger partial charge on any atom is -0.491 e. The van der Waals surface area contributed by atoms with Crippen LogP contribution in [-0.4, -0.2) is 24.5 Å². The van der Waals surface area contributed by atoms with E-state index < -0.39 is 0 Å². The van der Waals surface area contributed by atoms with Crippen molar-refractivity contribution in [3.63, 3.8) is 0 Å². The lowest BCUT2D eigenvalue weighted by atomic mass is 10.1. The first kappa shape index (κ1) is 14.4. The number of nitrogens with zero attached hydrogens (tertiary/aromatic N) is 1. The molecule has 1 heterocycles. The van der Waals surface area contributed by atoms with Crippen LogP contribution in [0.25, 0.3) is 0 Å². The molecule has 1 amide bonds. The minimum absolute atomic E-state index is 0.0719. The van der Waals surface area contributed by atoms with E-state index in [0.29, 0.717) is 12.5 Å². The van der Waals surface area contributed by atoms with Crippen molar-refractivity contribution in [1.29, 1.82) is 0 Å². The van der Waals surface area contributed by atoms with Crippen LogP contribution in [0.4, 0.5) is 0 Å². The maximum atomic E-state index is 11.9. The summed E-state index contributed by atoms with van der Waals surface area (Å²) in [5, 5.41) is 5.85. The summed E-state index contributed by atoms with van der Waals surface area (Å²) >= 11 is 0. The van der Waals surface area contributed by atoms with E-state index in [2.05, 4.69) is 15.6 Å². The first-order valence-corrected chi connectivity index (χ1v) is 6.98. The van der Waals surface area contributed by atoms with Crippen molar-refractivity contribution in [2.24, 2.45) is 4.99 Å². The van der Waals surface area contributed by atoms with Crippen LogP contribution < -0.4 is 15.4 Å². The van der Waals surface area contributed by atoms with E-state index in [9.17, 15) is 4.79 Å². The van der Waals surface area contributed by atoms with E-state index >= 15 is 0 Å². The van der Waals surface area contributed by atoms with Gasteiger partial charge in [-0.15, -0.1) is 0 Å². The maximum Gasteiger partial charge on any atom is 0.253 e. The molecule has 0 bridgehead atoms. The number of hydrogen-bond donors (Lipinski definition) is 2. The van der Waals surface area contributed by atoms with Gasteiger partial charge in [0.25, 0.3) is 5.91 Å². The topological polar surface area (TPSA) is 62.7 Å². The van der Waals surface area contributed by atoms with Gasteiger partial charge >= 0.3 is 0 Å². The van der Waals surface area contributed by atoms with E-state index in [0.717, 1.165) is 17.7 Å². The highest BCUT2D eigenvalue weighted by atomic mass is 16.5. The Morgan fingerprint density at radius 2 is 2.00 bits per heavy atom. The van der Waals surface area contributed by atoms with Crippen LogP contribution in [0.2, 0.25) is 0 Å². The maximum absolute atomic E-state index is 11.9. The molecule has 108 valence electrons. The Kier molecular flexibility index (Phi) is 4.61. The Bertz CT molecular complexity index is 494. The molecule has 1 fully saturated rings. The number of ether oxygens (including phenoxy) is 1. The number of benzene rings is 1. The molecular weight excluding hydrogens is 254 g/mol. The summed E-state index contributed by atoms with van der Waals surface area (Å²) in [6.07, 6.45) is 1.09. The summed E-state index contributed by atoms with van der Waals surface area (Å²) in [6, 6.07) is 7.19. The summed E-state index contributed by atoms with van der Waals surface area (Å²) in [4.78, 5) is 16.2. The highest BCUT2D eigenvalue weighted by molar-refractivity contribution is 6.06. The first-order chi connectivity index (χ1) is 9.60. The van der Waals surface area contributed by atoms with Crippen LogP contribution in [0.15, 0.2) is 29.3 Å². The second-order valence-corrected chi connectivity index (χ2v) is 5.03. The Hall–Kier alpha value is -2.04. The fraction of sp³-hybridized carbons (Fsp3) is 0.467. The summed E-state index contributed by atoms with van der Waals surface area (Å²) in [7, 11) is 0. The van der Waals surface area contributed by atoms with Gasteiger partial charge in [0.05, 0.1) is 6.10 Å². The number of rotatable bonds is 5. The van der Waals surface area contributed by atoms with Crippen molar-refractivity contribution in [3.05, 3.63) is 29.8 Å². The van der Waals surface area contributed by atoms with Gasteiger partial charge in [0.15, 0.2) is 5.96 Å². The zero-order chi connectivity index (χ0) is 14.5. The van der Waals surface area contributed by atoms with Crippen molar-refractivity contribution in [2.75, 3.05) is 6.54 Å². The van der Waals surface area contributed by atoms with Crippen LogP contribution in [0.5, 0.6) is 5.75 Å². The van der Waals surface area contributed by atoms with Crippen LogP contribution in [-0.2, 0) is 4.79 Å². The Labute approximate surface area is 119 Å². The molecule has 5 nitrogen and oxygen atoms in total. The second kappa shape index (κ2) is 6.41. The number of amides is 1. The molecule has 1 aliphatic heterocycles. The normalized spacial score (nSPS) is 20.1. The van der Waals surface area contributed by atoms with Gasteiger partial charge in [-0.3, -0.25) is 15.1 Å². The average Bonchev–Trinajstić information content (AvgIpc) is 2.78. The quantitative estimate of drug-likeness (QED) is 0.864. The first-order valence-electron chi connectivity index (χ1n) is 6.98. The summed E-state index contributed by atoms with van der Waals surface area (Å²) < 4.78 is 5.59. The van der Waals surface area contributed by atoms with Crippen LogP contribution in [0.3, 0.4) is 0 Å². The number of carbonyl (C=O) groups excluding carboxylic acids is 1. The predicted molar refractivity (Wildman–Crippen MR) is 78.8 cm³/mol. The van der Waals surface area contributed by atoms with Gasteiger partial charge in [-0.2, -0.15) is 0 Å². The van der Waals surface area contributed by atoms with Crippen LogP contribution in [0.1, 0.15) is 38.8 Å². The molecule has 2 N–H and O–H groups in total. The van der Waals surface area contributed by atoms with Gasteiger partial charge in [0.1, 0.15) is 11.8 Å². The predicted octanol–water partition coefficient (Wildman–Crippen LogP) is 2.00. The van der Waals surface area contributed by atoms with E-state index in [-0.39, 0.29) is 18.1 Å². The fourth-order valence-electron chi connectivity index (χ4n) is 1.98. The lowest BCUT2D eigenvalue weighted by Crippen LogP contribution is -2.25. The lowest BCUT2D eigenvalue weighted by Gasteiger charge is -2.12. The number of aliphatic imine (C=N–C) groups is 1. The van der Waals surface area contributed by atoms with Crippen molar-refractivity contribution in [2.45, 2.75) is 39.3 Å². The summed E-state index contributed by atoms with van der Waals surface area (Å²) in [5.74, 6) is 1.30. The molecule has 2 rings (SSSR count). The molecule has 1 aromatic rings. The van der Waals surface area contributed by atoms with Gasteiger partial charge in [0, 0.05) is 6.54 Å². The second-order valence-electron chi connectivity index (χ2n) is 5.03. The molecule has 1 aromatic carbocycles. The van der Waals surface area contributed by atoms with Gasteiger partial charge < -0.3 is 10.1 Å². The smallest absolute Gasteiger partial charge is 0.253 e. The van der Waals surface area contributed by atoms with Crippen LogP contribution >= 0.6 is 0 Å². The van der Waals surface area contributed by atoms with Gasteiger partial charge in [-0.05, 0) is 38.0 Å². The number of guanidine groups is 1. The Morgan fingerprint density at radius 1 is 1.30 bits per heavy atom. The highest BCUT2D eigenvalue weighted by Gasteiger charge is 2.29. The molecule has 20 heavy (non-hydrogen) atoms. The standard InChI is InChI=1S/C15H21N3O2/c1-4-9-16-15-17-13(14(19)18-15)11-5-7-12(8-6-11)20-10(2)3/h5-8,10,13H,4,9H2,1-3H3,(H2,16,17,18,19).